The molecule has 0 N–H and O–H groups in total. The fourth-order valence-electron chi connectivity index (χ4n) is 2.29. The lowest BCUT2D eigenvalue weighted by Gasteiger charge is -2.25. The van der Waals surface area contributed by atoms with Gasteiger partial charge in [-0.3, -0.25) is 9.58 Å². The molecule has 18 heavy (non-hydrogen) atoms. The first-order chi connectivity index (χ1) is 8.53. The normalized spacial score (nSPS) is 11.8. The molecule has 0 aromatic carbocycles. The summed E-state index contributed by atoms with van der Waals surface area (Å²) < 4.78 is 1.76. The van der Waals surface area contributed by atoms with Crippen molar-refractivity contribution in [3.05, 3.63) is 16.4 Å². The number of aromatic nitrogens is 2. The minimum Gasteiger partial charge on any atom is -0.299 e. The van der Waals surface area contributed by atoms with Crippen LogP contribution in [0.5, 0.6) is 0 Å². The zero-order chi connectivity index (χ0) is 13.7. The van der Waals surface area contributed by atoms with E-state index in [0.29, 0.717) is 0 Å². The smallest absolute Gasteiger partial charge is 0.131 e. The Hall–Kier alpha value is -0.540. The van der Waals surface area contributed by atoms with Gasteiger partial charge in [-0.25, -0.2) is 0 Å². The predicted octanol–water partition coefficient (Wildman–Crippen LogP) is 3.64. The predicted molar refractivity (Wildman–Crippen MR) is 78.0 cm³/mol. The molecule has 4 heteroatoms. The number of rotatable bonds is 7. The van der Waals surface area contributed by atoms with Gasteiger partial charge in [0.05, 0.1) is 5.69 Å². The van der Waals surface area contributed by atoms with Crippen molar-refractivity contribution in [1.29, 1.82) is 0 Å². The van der Waals surface area contributed by atoms with E-state index in [4.69, 9.17) is 11.6 Å². The highest BCUT2D eigenvalue weighted by molar-refractivity contribution is 6.30. The molecule has 0 aliphatic carbocycles. The van der Waals surface area contributed by atoms with Gasteiger partial charge in [-0.05, 0) is 19.4 Å². The highest BCUT2D eigenvalue weighted by atomic mass is 35.5. The van der Waals surface area contributed by atoms with Gasteiger partial charge in [-0.1, -0.05) is 45.2 Å². The fourth-order valence-corrected chi connectivity index (χ4v) is 2.53. The topological polar surface area (TPSA) is 21.1 Å². The third-order valence-corrected chi connectivity index (χ3v) is 4.24. The lowest BCUT2D eigenvalue weighted by atomic mass is 10.0. The molecule has 0 aliphatic heterocycles. The molecule has 1 aromatic rings. The van der Waals surface area contributed by atoms with Crippen LogP contribution in [-0.2, 0) is 13.6 Å². The molecule has 0 saturated carbocycles. The van der Waals surface area contributed by atoms with Crippen LogP contribution >= 0.6 is 11.6 Å². The maximum absolute atomic E-state index is 6.29. The SMILES string of the molecule is CCC(CC)CN(CC)Cc1c(C)nn(C)c1Cl. The van der Waals surface area contributed by atoms with Crippen LogP contribution in [0.4, 0.5) is 0 Å². The molecule has 0 atom stereocenters. The third kappa shape index (κ3) is 3.72. The quantitative estimate of drug-likeness (QED) is 0.755. The summed E-state index contributed by atoms with van der Waals surface area (Å²) in [6.07, 6.45) is 2.49. The van der Waals surface area contributed by atoms with Gasteiger partial charge in [0.1, 0.15) is 5.15 Å². The Morgan fingerprint density at radius 3 is 2.28 bits per heavy atom. The summed E-state index contributed by atoms with van der Waals surface area (Å²) in [5.41, 5.74) is 2.22. The summed E-state index contributed by atoms with van der Waals surface area (Å²) in [7, 11) is 1.90. The summed E-state index contributed by atoms with van der Waals surface area (Å²) in [6, 6.07) is 0. The molecule has 0 aliphatic rings. The van der Waals surface area contributed by atoms with E-state index in [9.17, 15) is 0 Å². The molecule has 0 bridgehead atoms. The number of halogens is 1. The summed E-state index contributed by atoms with van der Waals surface area (Å²) in [5.74, 6) is 0.778. The summed E-state index contributed by atoms with van der Waals surface area (Å²) in [4.78, 5) is 2.47. The summed E-state index contributed by atoms with van der Waals surface area (Å²) in [5, 5.41) is 5.15. The van der Waals surface area contributed by atoms with Crippen molar-refractivity contribution in [2.24, 2.45) is 13.0 Å². The van der Waals surface area contributed by atoms with Gasteiger partial charge in [-0.15, -0.1) is 0 Å². The van der Waals surface area contributed by atoms with Gasteiger partial charge in [0.2, 0.25) is 0 Å². The van der Waals surface area contributed by atoms with Crippen molar-refractivity contribution >= 4 is 11.6 Å². The van der Waals surface area contributed by atoms with E-state index in [1.54, 1.807) is 4.68 Å². The van der Waals surface area contributed by atoms with Crippen LogP contribution in [0.15, 0.2) is 0 Å². The first-order valence-electron chi connectivity index (χ1n) is 6.93. The minimum absolute atomic E-state index is 0.774. The Balaban J connectivity index is 2.73. The van der Waals surface area contributed by atoms with Crippen LogP contribution in [-0.4, -0.2) is 27.8 Å². The van der Waals surface area contributed by atoms with Crippen LogP contribution in [0.3, 0.4) is 0 Å². The lowest BCUT2D eigenvalue weighted by Crippen LogP contribution is -2.29. The molecule has 0 unspecified atom stereocenters. The zero-order valence-electron chi connectivity index (χ0n) is 12.3. The average molecular weight is 272 g/mol. The van der Waals surface area contributed by atoms with E-state index in [2.05, 4.69) is 30.8 Å². The Kier molecular flexibility index (Phi) is 6.16. The Morgan fingerprint density at radius 2 is 1.89 bits per heavy atom. The zero-order valence-corrected chi connectivity index (χ0v) is 13.1. The minimum atomic E-state index is 0.774. The van der Waals surface area contributed by atoms with Gasteiger partial charge in [-0.2, -0.15) is 5.10 Å². The van der Waals surface area contributed by atoms with Crippen molar-refractivity contribution in [1.82, 2.24) is 14.7 Å². The molecule has 0 radical (unpaired) electrons. The van der Waals surface area contributed by atoms with Gasteiger partial charge in [0.15, 0.2) is 0 Å². The van der Waals surface area contributed by atoms with Crippen LogP contribution in [0, 0.1) is 12.8 Å². The maximum Gasteiger partial charge on any atom is 0.131 e. The number of hydrogen-bond donors (Lipinski definition) is 0. The first-order valence-corrected chi connectivity index (χ1v) is 7.31. The van der Waals surface area contributed by atoms with E-state index in [0.717, 1.165) is 36.4 Å². The standard InChI is InChI=1S/C14H26ClN3/c1-6-12(7-2)9-18(8-3)10-13-11(4)16-17(5)14(13)15/h12H,6-10H2,1-5H3. The van der Waals surface area contributed by atoms with Gasteiger partial charge in [0, 0.05) is 25.7 Å². The van der Waals surface area contributed by atoms with Crippen LogP contribution in [0.25, 0.3) is 0 Å². The van der Waals surface area contributed by atoms with Gasteiger partial charge >= 0.3 is 0 Å². The lowest BCUT2D eigenvalue weighted by molar-refractivity contribution is 0.226. The Morgan fingerprint density at radius 1 is 1.28 bits per heavy atom. The summed E-state index contributed by atoms with van der Waals surface area (Å²) >= 11 is 6.29. The van der Waals surface area contributed by atoms with Gasteiger partial charge < -0.3 is 0 Å². The first kappa shape index (κ1) is 15.5. The second-order valence-corrected chi connectivity index (χ2v) is 5.35. The van der Waals surface area contributed by atoms with E-state index < -0.39 is 0 Å². The molecule has 0 saturated heterocycles. The monoisotopic (exact) mass is 271 g/mol. The van der Waals surface area contributed by atoms with Crippen molar-refractivity contribution < 1.29 is 0 Å². The van der Waals surface area contributed by atoms with Crippen LogP contribution < -0.4 is 0 Å². The maximum atomic E-state index is 6.29. The summed E-state index contributed by atoms with van der Waals surface area (Å²) in [6.45, 7) is 11.9. The highest BCUT2D eigenvalue weighted by Crippen LogP contribution is 2.21. The molecule has 1 rings (SSSR count). The molecule has 0 fully saturated rings. The van der Waals surface area contributed by atoms with Crippen LogP contribution in [0.1, 0.15) is 44.9 Å². The molecule has 3 nitrogen and oxygen atoms in total. The number of hydrogen-bond acceptors (Lipinski definition) is 2. The largest absolute Gasteiger partial charge is 0.299 e. The van der Waals surface area contributed by atoms with E-state index in [1.165, 1.54) is 18.4 Å². The Labute approximate surface area is 116 Å². The van der Waals surface area contributed by atoms with Crippen molar-refractivity contribution in [2.45, 2.75) is 47.1 Å². The van der Waals surface area contributed by atoms with E-state index in [1.807, 2.05) is 14.0 Å². The molecule has 1 heterocycles. The average Bonchev–Trinajstić information content (AvgIpc) is 2.60. The third-order valence-electron chi connectivity index (χ3n) is 3.77. The van der Waals surface area contributed by atoms with E-state index in [-0.39, 0.29) is 0 Å². The second-order valence-electron chi connectivity index (χ2n) is 4.99. The van der Waals surface area contributed by atoms with Gasteiger partial charge in [0.25, 0.3) is 0 Å². The molecular formula is C14H26ClN3. The van der Waals surface area contributed by atoms with Crippen molar-refractivity contribution in [2.75, 3.05) is 13.1 Å². The van der Waals surface area contributed by atoms with Crippen molar-refractivity contribution in [3.8, 4) is 0 Å². The highest BCUT2D eigenvalue weighted by Gasteiger charge is 2.16. The molecule has 0 spiro atoms. The number of aryl methyl sites for hydroxylation is 2. The number of nitrogens with zero attached hydrogens (tertiary/aromatic N) is 3. The second kappa shape index (κ2) is 7.15. The molecule has 1 aromatic heterocycles. The van der Waals surface area contributed by atoms with E-state index >= 15 is 0 Å². The fraction of sp³-hybridized carbons (Fsp3) is 0.786. The molecular weight excluding hydrogens is 246 g/mol. The molecule has 104 valence electrons. The van der Waals surface area contributed by atoms with Crippen molar-refractivity contribution in [3.63, 3.8) is 0 Å². The Bertz CT molecular complexity index is 369. The molecule has 0 amide bonds. The van der Waals surface area contributed by atoms with Crippen LogP contribution in [0.2, 0.25) is 5.15 Å².